The zero-order valence-electron chi connectivity index (χ0n) is 10.6. The molecule has 6 heteroatoms. The summed E-state index contributed by atoms with van der Waals surface area (Å²) in [6.45, 7) is 5.72. The van der Waals surface area contributed by atoms with Crippen molar-refractivity contribution in [1.29, 1.82) is 0 Å². The van der Waals surface area contributed by atoms with Crippen LogP contribution >= 0.6 is 11.6 Å². The molecule has 0 heterocycles. The first-order valence-corrected chi connectivity index (χ1v) is 6.12. The second-order valence-electron chi connectivity index (χ2n) is 4.73. The van der Waals surface area contributed by atoms with E-state index < -0.39 is 17.7 Å². The molecule has 0 fully saturated rings. The largest absolute Gasteiger partial charge is 0.444 e. The van der Waals surface area contributed by atoms with Gasteiger partial charge in [0.1, 0.15) is 5.60 Å². The first kappa shape index (κ1) is 16.2. The molecule has 0 aliphatic rings. The lowest BCUT2D eigenvalue weighted by molar-refractivity contribution is -0.118. The molecule has 17 heavy (non-hydrogen) atoms. The Morgan fingerprint density at radius 3 is 2.41 bits per heavy atom. The van der Waals surface area contributed by atoms with Crippen molar-refractivity contribution >= 4 is 23.5 Å². The molecule has 1 amide bonds. The number of carbonyl (C=O) groups is 2. The highest BCUT2D eigenvalue weighted by Gasteiger charge is 2.23. The average molecular weight is 265 g/mol. The van der Waals surface area contributed by atoms with Crippen LogP contribution in [0, 0.1) is 0 Å². The van der Waals surface area contributed by atoms with Gasteiger partial charge >= 0.3 is 6.09 Å². The predicted octanol–water partition coefficient (Wildman–Crippen LogP) is 1.43. The van der Waals surface area contributed by atoms with Crippen LogP contribution in [0.15, 0.2) is 0 Å². The van der Waals surface area contributed by atoms with Crippen LogP contribution in [0.3, 0.4) is 0 Å². The van der Waals surface area contributed by atoms with Gasteiger partial charge in [0.05, 0.1) is 11.9 Å². The summed E-state index contributed by atoms with van der Waals surface area (Å²) in [5.41, 5.74) is 4.77. The number of ketones is 1. The van der Waals surface area contributed by atoms with Crippen molar-refractivity contribution in [2.24, 2.45) is 5.73 Å². The van der Waals surface area contributed by atoms with Gasteiger partial charge in [0.2, 0.25) is 0 Å². The summed E-state index contributed by atoms with van der Waals surface area (Å²) < 4.78 is 5.07. The van der Waals surface area contributed by atoms with Crippen molar-refractivity contribution in [3.63, 3.8) is 0 Å². The number of alkyl halides is 1. The third-order valence-corrected chi connectivity index (χ3v) is 2.17. The molecular weight excluding hydrogens is 244 g/mol. The Bertz CT molecular complexity index is 264. The molecule has 5 nitrogen and oxygen atoms in total. The number of ether oxygens (including phenoxy) is 1. The van der Waals surface area contributed by atoms with Gasteiger partial charge in [0.15, 0.2) is 5.78 Å². The van der Waals surface area contributed by atoms with E-state index in [0.29, 0.717) is 19.4 Å². The average Bonchev–Trinajstić information content (AvgIpc) is 2.20. The SMILES string of the molecule is CC(C)(C)OC(=O)NC(CCCN)C(=O)CCl. The maximum absolute atomic E-state index is 11.5. The van der Waals surface area contributed by atoms with Gasteiger partial charge in [-0.25, -0.2) is 4.79 Å². The summed E-state index contributed by atoms with van der Waals surface area (Å²) in [5, 5.41) is 2.51. The number of nitrogens with two attached hydrogens (primary N) is 1. The van der Waals surface area contributed by atoms with Crippen LogP contribution in [-0.2, 0) is 9.53 Å². The number of carbonyl (C=O) groups excluding carboxylic acids is 2. The number of hydrogen-bond acceptors (Lipinski definition) is 4. The van der Waals surface area contributed by atoms with Crippen LogP contribution in [0.25, 0.3) is 0 Å². The highest BCUT2D eigenvalue weighted by atomic mass is 35.5. The minimum Gasteiger partial charge on any atom is -0.444 e. The molecule has 0 radical (unpaired) electrons. The van der Waals surface area contributed by atoms with Gasteiger partial charge in [-0.05, 0) is 40.2 Å². The van der Waals surface area contributed by atoms with E-state index in [2.05, 4.69) is 5.32 Å². The topological polar surface area (TPSA) is 81.4 Å². The van der Waals surface area contributed by atoms with Gasteiger partial charge in [0, 0.05) is 0 Å². The summed E-state index contributed by atoms with van der Waals surface area (Å²) in [6, 6.07) is -0.620. The van der Waals surface area contributed by atoms with E-state index in [0.717, 1.165) is 0 Å². The standard InChI is InChI=1S/C11H21ClN2O3/c1-11(2,3)17-10(16)14-8(5-4-6-13)9(15)7-12/h8H,4-7,13H2,1-3H3,(H,14,16). The predicted molar refractivity (Wildman–Crippen MR) is 67.2 cm³/mol. The second-order valence-corrected chi connectivity index (χ2v) is 5.00. The molecule has 0 saturated carbocycles. The number of hydrogen-bond donors (Lipinski definition) is 2. The number of amides is 1. The number of alkyl carbamates (subject to hydrolysis) is 1. The lowest BCUT2D eigenvalue weighted by Crippen LogP contribution is -2.44. The van der Waals surface area contributed by atoms with Crippen LogP contribution in [-0.4, -0.2) is 35.9 Å². The number of Topliss-reactive ketones (excluding diaryl/α,β-unsaturated/α-hetero) is 1. The van der Waals surface area contributed by atoms with Crippen LogP contribution in [0.1, 0.15) is 33.6 Å². The van der Waals surface area contributed by atoms with Gasteiger partial charge in [-0.3, -0.25) is 4.79 Å². The quantitative estimate of drug-likeness (QED) is 0.711. The number of rotatable bonds is 6. The van der Waals surface area contributed by atoms with Crippen molar-refractivity contribution in [2.75, 3.05) is 12.4 Å². The highest BCUT2D eigenvalue weighted by molar-refractivity contribution is 6.28. The van der Waals surface area contributed by atoms with Gasteiger partial charge in [0.25, 0.3) is 0 Å². The minimum atomic E-state index is -0.620. The van der Waals surface area contributed by atoms with Crippen LogP contribution in [0.5, 0.6) is 0 Å². The Labute approximate surface area is 107 Å². The Morgan fingerprint density at radius 1 is 1.41 bits per heavy atom. The van der Waals surface area contributed by atoms with E-state index in [4.69, 9.17) is 22.1 Å². The summed E-state index contributed by atoms with van der Waals surface area (Å²) in [4.78, 5) is 23.0. The molecule has 1 unspecified atom stereocenters. The molecular formula is C11H21ClN2O3. The maximum atomic E-state index is 11.5. The monoisotopic (exact) mass is 264 g/mol. The third kappa shape index (κ3) is 7.99. The first-order chi connectivity index (χ1) is 7.80. The van der Waals surface area contributed by atoms with Crippen LogP contribution in [0.4, 0.5) is 4.79 Å². The molecule has 3 N–H and O–H groups in total. The molecule has 1 atom stereocenters. The Balaban J connectivity index is 4.32. The van der Waals surface area contributed by atoms with Crippen molar-refractivity contribution in [2.45, 2.75) is 45.3 Å². The normalized spacial score (nSPS) is 13.0. The highest BCUT2D eigenvalue weighted by Crippen LogP contribution is 2.08. The Morgan fingerprint density at radius 2 is 2.00 bits per heavy atom. The Kier molecular flexibility index (Phi) is 7.15. The third-order valence-electron chi connectivity index (χ3n) is 1.91. The van der Waals surface area contributed by atoms with Crippen LogP contribution < -0.4 is 11.1 Å². The fourth-order valence-corrected chi connectivity index (χ4v) is 1.36. The summed E-state index contributed by atoms with van der Waals surface area (Å²) in [7, 11) is 0. The minimum absolute atomic E-state index is 0.134. The van der Waals surface area contributed by atoms with Gasteiger partial charge in [-0.2, -0.15) is 0 Å². The van der Waals surface area contributed by atoms with E-state index in [1.807, 2.05) is 0 Å². The summed E-state index contributed by atoms with van der Waals surface area (Å²) >= 11 is 5.47. The van der Waals surface area contributed by atoms with Gasteiger partial charge in [-0.1, -0.05) is 0 Å². The second kappa shape index (κ2) is 7.50. The summed E-state index contributed by atoms with van der Waals surface area (Å²) in [5.74, 6) is -0.364. The zero-order valence-corrected chi connectivity index (χ0v) is 11.3. The van der Waals surface area contributed by atoms with E-state index in [1.165, 1.54) is 0 Å². The van der Waals surface area contributed by atoms with Crippen molar-refractivity contribution in [3.05, 3.63) is 0 Å². The van der Waals surface area contributed by atoms with E-state index in [9.17, 15) is 9.59 Å². The molecule has 0 aromatic heterocycles. The lowest BCUT2D eigenvalue weighted by atomic mass is 10.1. The van der Waals surface area contributed by atoms with E-state index >= 15 is 0 Å². The fourth-order valence-electron chi connectivity index (χ4n) is 1.18. The van der Waals surface area contributed by atoms with Gasteiger partial charge in [-0.15, -0.1) is 11.6 Å². The molecule has 0 saturated heterocycles. The molecule has 0 aliphatic carbocycles. The zero-order chi connectivity index (χ0) is 13.5. The molecule has 0 aromatic carbocycles. The fraction of sp³-hybridized carbons (Fsp3) is 0.818. The van der Waals surface area contributed by atoms with E-state index in [1.54, 1.807) is 20.8 Å². The van der Waals surface area contributed by atoms with Crippen LogP contribution in [0.2, 0.25) is 0 Å². The summed E-state index contributed by atoms with van der Waals surface area (Å²) in [6.07, 6.45) is 0.502. The molecule has 0 aliphatic heterocycles. The smallest absolute Gasteiger partial charge is 0.408 e. The molecule has 0 bridgehead atoms. The molecule has 100 valence electrons. The lowest BCUT2D eigenvalue weighted by Gasteiger charge is -2.22. The molecule has 0 spiro atoms. The molecule has 0 rings (SSSR count). The van der Waals surface area contributed by atoms with Crippen molar-refractivity contribution in [1.82, 2.24) is 5.32 Å². The number of halogens is 1. The first-order valence-electron chi connectivity index (χ1n) is 5.58. The Hall–Kier alpha value is -0.810. The maximum Gasteiger partial charge on any atom is 0.408 e. The van der Waals surface area contributed by atoms with Crippen molar-refractivity contribution in [3.8, 4) is 0 Å². The van der Waals surface area contributed by atoms with E-state index in [-0.39, 0.29) is 11.7 Å². The van der Waals surface area contributed by atoms with Crippen molar-refractivity contribution < 1.29 is 14.3 Å². The van der Waals surface area contributed by atoms with Gasteiger partial charge < -0.3 is 15.8 Å². The molecule has 0 aromatic rings. The number of nitrogens with one attached hydrogen (secondary N) is 1.